The van der Waals surface area contributed by atoms with Crippen molar-refractivity contribution in [3.8, 4) is 0 Å². The standard InChI is InChI=1S/C14H19NO3/c1-3-11(14(17)18)8-9-13(16)15-12-7-5-4-6-10(12)2/h4-7,11H,3,8-9H2,1-2H3,(H,15,16)(H,17,18). The highest BCUT2D eigenvalue weighted by Crippen LogP contribution is 2.15. The zero-order chi connectivity index (χ0) is 13.5. The molecule has 1 aromatic carbocycles. The summed E-state index contributed by atoms with van der Waals surface area (Å²) in [7, 11) is 0. The van der Waals surface area contributed by atoms with E-state index >= 15 is 0 Å². The molecule has 4 heteroatoms. The van der Waals surface area contributed by atoms with Crippen molar-refractivity contribution in [2.75, 3.05) is 5.32 Å². The van der Waals surface area contributed by atoms with E-state index in [4.69, 9.17) is 5.11 Å². The lowest BCUT2D eigenvalue weighted by Gasteiger charge is -2.10. The van der Waals surface area contributed by atoms with Crippen LogP contribution in [0, 0.1) is 12.8 Å². The molecule has 0 radical (unpaired) electrons. The summed E-state index contributed by atoms with van der Waals surface area (Å²) in [4.78, 5) is 22.5. The van der Waals surface area contributed by atoms with Crippen LogP contribution in [-0.4, -0.2) is 17.0 Å². The molecule has 2 N–H and O–H groups in total. The van der Waals surface area contributed by atoms with Crippen LogP contribution in [0.15, 0.2) is 24.3 Å². The molecule has 0 heterocycles. The second-order valence-corrected chi connectivity index (χ2v) is 4.35. The lowest BCUT2D eigenvalue weighted by atomic mass is 10.0. The van der Waals surface area contributed by atoms with Crippen molar-refractivity contribution in [3.63, 3.8) is 0 Å². The van der Waals surface area contributed by atoms with Crippen LogP contribution in [0.5, 0.6) is 0 Å². The van der Waals surface area contributed by atoms with Crippen LogP contribution in [0.3, 0.4) is 0 Å². The van der Waals surface area contributed by atoms with Crippen molar-refractivity contribution < 1.29 is 14.7 Å². The molecular weight excluding hydrogens is 230 g/mol. The summed E-state index contributed by atoms with van der Waals surface area (Å²) < 4.78 is 0. The Hall–Kier alpha value is -1.84. The molecule has 0 aliphatic heterocycles. The first-order valence-corrected chi connectivity index (χ1v) is 6.13. The van der Waals surface area contributed by atoms with E-state index in [9.17, 15) is 9.59 Å². The van der Waals surface area contributed by atoms with Gasteiger partial charge in [0.25, 0.3) is 0 Å². The van der Waals surface area contributed by atoms with E-state index in [1.807, 2.05) is 38.1 Å². The summed E-state index contributed by atoms with van der Waals surface area (Å²) in [5, 5.41) is 11.7. The fourth-order valence-electron chi connectivity index (χ4n) is 1.73. The number of hydrogen-bond acceptors (Lipinski definition) is 2. The van der Waals surface area contributed by atoms with Crippen molar-refractivity contribution in [1.82, 2.24) is 0 Å². The van der Waals surface area contributed by atoms with E-state index in [-0.39, 0.29) is 12.3 Å². The average Bonchev–Trinajstić information content (AvgIpc) is 2.32. The number of aryl methyl sites for hydroxylation is 1. The molecule has 0 fully saturated rings. The van der Waals surface area contributed by atoms with Crippen molar-refractivity contribution in [1.29, 1.82) is 0 Å². The normalized spacial score (nSPS) is 11.9. The van der Waals surface area contributed by atoms with Gasteiger partial charge in [-0.3, -0.25) is 9.59 Å². The maximum atomic E-state index is 11.7. The molecule has 0 aliphatic rings. The summed E-state index contributed by atoms with van der Waals surface area (Å²) in [5.41, 5.74) is 1.78. The number of carboxylic acids is 1. The lowest BCUT2D eigenvalue weighted by molar-refractivity contribution is -0.142. The Balaban J connectivity index is 2.48. The van der Waals surface area contributed by atoms with E-state index in [0.29, 0.717) is 12.8 Å². The fraction of sp³-hybridized carbons (Fsp3) is 0.429. The number of amides is 1. The van der Waals surface area contributed by atoms with Gasteiger partial charge in [0.1, 0.15) is 0 Å². The molecule has 0 aliphatic carbocycles. The highest BCUT2D eigenvalue weighted by Gasteiger charge is 2.16. The highest BCUT2D eigenvalue weighted by molar-refractivity contribution is 5.91. The predicted molar refractivity (Wildman–Crippen MR) is 70.5 cm³/mol. The van der Waals surface area contributed by atoms with Crippen molar-refractivity contribution in [3.05, 3.63) is 29.8 Å². The van der Waals surface area contributed by atoms with Gasteiger partial charge in [0.15, 0.2) is 0 Å². The third kappa shape index (κ3) is 4.20. The van der Waals surface area contributed by atoms with E-state index in [1.54, 1.807) is 0 Å². The fourth-order valence-corrected chi connectivity index (χ4v) is 1.73. The molecule has 98 valence electrons. The number of carboxylic acid groups (broad SMARTS) is 1. The molecule has 0 saturated carbocycles. The van der Waals surface area contributed by atoms with Gasteiger partial charge in [-0.2, -0.15) is 0 Å². The molecular formula is C14H19NO3. The molecule has 1 aromatic rings. The van der Waals surface area contributed by atoms with Gasteiger partial charge in [0, 0.05) is 12.1 Å². The Morgan fingerprint density at radius 3 is 2.56 bits per heavy atom. The molecule has 0 aromatic heterocycles. The molecule has 0 spiro atoms. The molecule has 18 heavy (non-hydrogen) atoms. The average molecular weight is 249 g/mol. The quantitative estimate of drug-likeness (QED) is 0.814. The minimum atomic E-state index is -0.832. The van der Waals surface area contributed by atoms with Crippen LogP contribution < -0.4 is 5.32 Å². The van der Waals surface area contributed by atoms with Gasteiger partial charge < -0.3 is 10.4 Å². The Morgan fingerprint density at radius 2 is 2.00 bits per heavy atom. The first kappa shape index (κ1) is 14.2. The lowest BCUT2D eigenvalue weighted by Crippen LogP contribution is -2.18. The van der Waals surface area contributed by atoms with Crippen LogP contribution >= 0.6 is 0 Å². The third-order valence-corrected chi connectivity index (χ3v) is 2.98. The van der Waals surface area contributed by atoms with Crippen molar-refractivity contribution in [2.24, 2.45) is 5.92 Å². The SMILES string of the molecule is CCC(CCC(=O)Nc1ccccc1C)C(=O)O. The minimum absolute atomic E-state index is 0.135. The van der Waals surface area contributed by atoms with Gasteiger partial charge in [-0.05, 0) is 31.4 Å². The van der Waals surface area contributed by atoms with E-state index in [1.165, 1.54) is 0 Å². The topological polar surface area (TPSA) is 66.4 Å². The van der Waals surface area contributed by atoms with Crippen molar-refractivity contribution >= 4 is 17.6 Å². The van der Waals surface area contributed by atoms with Gasteiger partial charge in [0.2, 0.25) is 5.91 Å². The molecule has 1 amide bonds. The monoisotopic (exact) mass is 249 g/mol. The van der Waals surface area contributed by atoms with Gasteiger partial charge in [-0.25, -0.2) is 0 Å². The number of carbonyl (C=O) groups excluding carboxylic acids is 1. The number of hydrogen-bond donors (Lipinski definition) is 2. The molecule has 0 bridgehead atoms. The summed E-state index contributed by atoms with van der Waals surface area (Å²) in [5.74, 6) is -1.40. The second kappa shape index (κ2) is 6.79. The van der Waals surface area contributed by atoms with Crippen LogP contribution in [0.25, 0.3) is 0 Å². The van der Waals surface area contributed by atoms with Crippen LogP contribution in [-0.2, 0) is 9.59 Å². The van der Waals surface area contributed by atoms with Crippen molar-refractivity contribution in [2.45, 2.75) is 33.1 Å². The number of para-hydroxylation sites is 1. The number of rotatable bonds is 6. The van der Waals surface area contributed by atoms with E-state index in [0.717, 1.165) is 11.3 Å². The molecule has 1 rings (SSSR count). The Kier molecular flexibility index (Phi) is 5.36. The van der Waals surface area contributed by atoms with E-state index in [2.05, 4.69) is 5.32 Å². The summed E-state index contributed by atoms with van der Waals surface area (Å²) >= 11 is 0. The zero-order valence-electron chi connectivity index (χ0n) is 10.8. The molecule has 4 nitrogen and oxygen atoms in total. The number of carbonyl (C=O) groups is 2. The third-order valence-electron chi connectivity index (χ3n) is 2.98. The maximum absolute atomic E-state index is 11.7. The second-order valence-electron chi connectivity index (χ2n) is 4.35. The summed E-state index contributed by atoms with van der Waals surface area (Å²) in [6.45, 7) is 3.74. The Labute approximate surface area is 107 Å². The van der Waals surface area contributed by atoms with Crippen LogP contribution in [0.4, 0.5) is 5.69 Å². The van der Waals surface area contributed by atoms with Crippen LogP contribution in [0.2, 0.25) is 0 Å². The molecule has 1 atom stereocenters. The van der Waals surface area contributed by atoms with Gasteiger partial charge >= 0.3 is 5.97 Å². The molecule has 0 saturated heterocycles. The highest BCUT2D eigenvalue weighted by atomic mass is 16.4. The van der Waals surface area contributed by atoms with Gasteiger partial charge in [-0.1, -0.05) is 25.1 Å². The maximum Gasteiger partial charge on any atom is 0.306 e. The minimum Gasteiger partial charge on any atom is -0.481 e. The number of nitrogens with one attached hydrogen (secondary N) is 1. The van der Waals surface area contributed by atoms with E-state index < -0.39 is 11.9 Å². The zero-order valence-corrected chi connectivity index (χ0v) is 10.8. The number of anilines is 1. The van der Waals surface area contributed by atoms with Gasteiger partial charge in [0.05, 0.1) is 5.92 Å². The smallest absolute Gasteiger partial charge is 0.306 e. The summed E-state index contributed by atoms with van der Waals surface area (Å²) in [6.07, 6.45) is 1.16. The Morgan fingerprint density at radius 1 is 1.33 bits per heavy atom. The number of benzene rings is 1. The summed E-state index contributed by atoms with van der Waals surface area (Å²) in [6, 6.07) is 7.51. The first-order valence-electron chi connectivity index (χ1n) is 6.13. The Bertz CT molecular complexity index is 429. The molecule has 1 unspecified atom stereocenters. The predicted octanol–water partition coefficient (Wildman–Crippen LogP) is 2.82. The number of aliphatic carboxylic acids is 1. The first-order chi connectivity index (χ1) is 8.54. The van der Waals surface area contributed by atoms with Gasteiger partial charge in [-0.15, -0.1) is 0 Å². The largest absolute Gasteiger partial charge is 0.481 e. The van der Waals surface area contributed by atoms with Crippen LogP contribution in [0.1, 0.15) is 31.7 Å².